The molecule has 1 N–H and O–H groups in total. The van der Waals surface area contributed by atoms with E-state index in [0.717, 1.165) is 6.42 Å². The molecule has 1 atom stereocenters. The normalized spacial score (nSPS) is 16.7. The average Bonchev–Trinajstić information content (AvgIpc) is 1.72. The van der Waals surface area contributed by atoms with Crippen LogP contribution in [0.25, 0.3) is 0 Å². The van der Waals surface area contributed by atoms with Crippen LogP contribution in [-0.2, 0) is 0 Å². The van der Waals surface area contributed by atoms with Gasteiger partial charge in [-0.15, -0.1) is 0 Å². The maximum absolute atomic E-state index is 6.90. The monoisotopic (exact) mass is 89.1 g/mol. The third-order valence-electron chi connectivity index (χ3n) is 0.901. The van der Waals surface area contributed by atoms with Crippen LogP contribution < -0.4 is 5.32 Å². The second-order valence-corrected chi connectivity index (χ2v) is 1.39. The molecule has 1 heteroatoms. The summed E-state index contributed by atoms with van der Waals surface area (Å²) in [6, 6.07) is 0.403. The van der Waals surface area contributed by atoms with Gasteiger partial charge >= 0.3 is 0 Å². The van der Waals surface area contributed by atoms with Gasteiger partial charge in [0, 0.05) is 7.41 Å². The van der Waals surface area contributed by atoms with Gasteiger partial charge in [-0.3, -0.25) is 0 Å². The third-order valence-corrected chi connectivity index (χ3v) is 0.901. The molecule has 0 aromatic heterocycles. The van der Waals surface area contributed by atoms with Crippen molar-refractivity contribution in [3.63, 3.8) is 0 Å². The molecule has 0 aliphatic rings. The molecule has 1 unspecified atom stereocenters. The summed E-state index contributed by atoms with van der Waals surface area (Å²) in [5, 5.41) is 3.01. The van der Waals surface area contributed by atoms with E-state index >= 15 is 0 Å². The minimum Gasteiger partial charge on any atom is -0.317 e. The molecule has 0 rings (SSSR count). The zero-order chi connectivity index (χ0) is 5.70. The summed E-state index contributed by atoms with van der Waals surface area (Å²) in [6.07, 6.45) is 1.06. The van der Waals surface area contributed by atoms with Gasteiger partial charge in [0.1, 0.15) is 0 Å². The van der Waals surface area contributed by atoms with Crippen molar-refractivity contribution in [2.75, 3.05) is 7.05 Å². The SMILES string of the molecule is [3H]CC(CC)NC. The van der Waals surface area contributed by atoms with Crippen molar-refractivity contribution in [3.8, 4) is 0 Å². The number of rotatable bonds is 2. The molecule has 0 bridgehead atoms. The van der Waals surface area contributed by atoms with Gasteiger partial charge in [-0.05, 0) is 20.4 Å². The Morgan fingerprint density at radius 3 is 2.67 bits per heavy atom. The Morgan fingerprint density at radius 1 is 2.00 bits per heavy atom. The van der Waals surface area contributed by atoms with E-state index in [1.807, 2.05) is 7.05 Å². The Hall–Kier alpha value is -0.0400. The second-order valence-electron chi connectivity index (χ2n) is 1.39. The molecular weight excluding hydrogens is 74.1 g/mol. The maximum Gasteiger partial charge on any atom is 0.0246 e. The van der Waals surface area contributed by atoms with E-state index in [2.05, 4.69) is 12.2 Å². The molecule has 0 radical (unpaired) electrons. The van der Waals surface area contributed by atoms with Crippen molar-refractivity contribution in [2.45, 2.75) is 26.3 Å². The van der Waals surface area contributed by atoms with Gasteiger partial charge in [0.15, 0.2) is 0 Å². The molecule has 1 nitrogen and oxygen atoms in total. The molecular formula is C5H13N. The molecule has 0 heterocycles. The highest BCUT2D eigenvalue weighted by molar-refractivity contribution is 4.49. The van der Waals surface area contributed by atoms with E-state index in [4.69, 9.17) is 1.37 Å². The Morgan fingerprint density at radius 2 is 2.67 bits per heavy atom. The molecule has 0 aromatic rings. The Balaban J connectivity index is 2.99. The van der Waals surface area contributed by atoms with Gasteiger partial charge in [0.25, 0.3) is 0 Å². The molecule has 6 heavy (non-hydrogen) atoms. The summed E-state index contributed by atoms with van der Waals surface area (Å²) < 4.78 is 6.90. The zero-order valence-electron chi connectivity index (χ0n) is 5.49. The minimum atomic E-state index is 0.403. The molecule has 0 aliphatic heterocycles. The molecule has 0 saturated carbocycles. The fraction of sp³-hybridized carbons (Fsp3) is 1.00. The average molecular weight is 89.2 g/mol. The lowest BCUT2D eigenvalue weighted by atomic mass is 10.3. The van der Waals surface area contributed by atoms with E-state index in [1.165, 1.54) is 0 Å². The second kappa shape index (κ2) is 3.16. The molecule has 0 aliphatic carbocycles. The van der Waals surface area contributed by atoms with E-state index < -0.39 is 0 Å². The molecule has 0 saturated heterocycles. The van der Waals surface area contributed by atoms with Gasteiger partial charge in [-0.2, -0.15) is 0 Å². The summed E-state index contributed by atoms with van der Waals surface area (Å²) >= 11 is 0. The molecule has 0 amide bonds. The third kappa shape index (κ3) is 2.21. The quantitative estimate of drug-likeness (QED) is 0.532. The van der Waals surface area contributed by atoms with Gasteiger partial charge < -0.3 is 5.32 Å². The van der Waals surface area contributed by atoms with E-state index in [1.54, 1.807) is 0 Å². The first-order valence-electron chi connectivity index (χ1n) is 3.02. The summed E-state index contributed by atoms with van der Waals surface area (Å²) in [7, 11) is 1.89. The van der Waals surface area contributed by atoms with Crippen LogP contribution in [0.4, 0.5) is 0 Å². The van der Waals surface area contributed by atoms with Crippen LogP contribution in [0.15, 0.2) is 0 Å². The standard InChI is InChI=1S/C5H13N/c1-4-5(2)6-3/h5-6H,4H2,1-3H3/i2T. The number of hydrogen-bond acceptors (Lipinski definition) is 1. The van der Waals surface area contributed by atoms with Crippen molar-refractivity contribution < 1.29 is 1.37 Å². The number of hydrogen-bond donors (Lipinski definition) is 1. The van der Waals surface area contributed by atoms with Crippen molar-refractivity contribution in [2.24, 2.45) is 0 Å². The van der Waals surface area contributed by atoms with Gasteiger partial charge in [-0.25, -0.2) is 0 Å². The highest BCUT2D eigenvalue weighted by Gasteiger charge is 1.86. The zero-order valence-corrected chi connectivity index (χ0v) is 4.49. The predicted molar refractivity (Wildman–Crippen MR) is 28.8 cm³/mol. The lowest BCUT2D eigenvalue weighted by Crippen LogP contribution is -2.19. The largest absolute Gasteiger partial charge is 0.317 e. The highest BCUT2D eigenvalue weighted by atomic mass is 14.8. The topological polar surface area (TPSA) is 12.0 Å². The minimum absolute atomic E-state index is 0.403. The summed E-state index contributed by atoms with van der Waals surface area (Å²) in [6.45, 7) is 2.57. The van der Waals surface area contributed by atoms with Crippen LogP contribution in [0.2, 0.25) is 0 Å². The maximum atomic E-state index is 6.90. The fourth-order valence-corrected chi connectivity index (χ4v) is 0.204. The first-order chi connectivity index (χ1) is 3.35. The van der Waals surface area contributed by atoms with Crippen molar-refractivity contribution >= 4 is 0 Å². The van der Waals surface area contributed by atoms with Gasteiger partial charge in [-0.1, -0.05) is 6.92 Å². The number of nitrogens with one attached hydrogen (secondary N) is 1. The Kier molecular flexibility index (Phi) is 2.18. The molecule has 0 fully saturated rings. The van der Waals surface area contributed by atoms with Crippen molar-refractivity contribution in [1.29, 1.82) is 0 Å². The Bertz CT molecular complexity index is 29.6. The lowest BCUT2D eigenvalue weighted by molar-refractivity contribution is 0.593. The van der Waals surface area contributed by atoms with Crippen LogP contribution >= 0.6 is 0 Å². The Labute approximate surface area is 41.2 Å². The van der Waals surface area contributed by atoms with Crippen molar-refractivity contribution in [1.82, 2.24) is 5.32 Å². The van der Waals surface area contributed by atoms with Gasteiger partial charge in [0.05, 0.1) is 0 Å². The first-order valence-corrected chi connectivity index (χ1v) is 2.31. The summed E-state index contributed by atoms with van der Waals surface area (Å²) in [5.41, 5.74) is 0. The smallest absolute Gasteiger partial charge is 0.0246 e. The summed E-state index contributed by atoms with van der Waals surface area (Å²) in [4.78, 5) is 0. The van der Waals surface area contributed by atoms with Crippen LogP contribution in [0.3, 0.4) is 0 Å². The van der Waals surface area contributed by atoms with E-state index in [-0.39, 0.29) is 0 Å². The van der Waals surface area contributed by atoms with Crippen LogP contribution in [0, 0.1) is 0 Å². The predicted octanol–water partition coefficient (Wildman–Crippen LogP) is 1.00. The molecule has 0 aromatic carbocycles. The van der Waals surface area contributed by atoms with Crippen LogP contribution in [-0.4, -0.2) is 13.1 Å². The fourth-order valence-electron chi connectivity index (χ4n) is 0.204. The van der Waals surface area contributed by atoms with Crippen molar-refractivity contribution in [3.05, 3.63) is 0 Å². The highest BCUT2D eigenvalue weighted by Crippen LogP contribution is 1.82. The van der Waals surface area contributed by atoms with Crippen LogP contribution in [0.5, 0.6) is 0 Å². The molecule has 38 valence electrons. The molecule has 0 spiro atoms. The first kappa shape index (κ1) is 4.13. The summed E-state index contributed by atoms with van der Waals surface area (Å²) in [5.74, 6) is 0. The van der Waals surface area contributed by atoms with E-state index in [9.17, 15) is 0 Å². The van der Waals surface area contributed by atoms with Gasteiger partial charge in [0.2, 0.25) is 0 Å². The lowest BCUT2D eigenvalue weighted by Gasteiger charge is -2.02. The van der Waals surface area contributed by atoms with E-state index in [0.29, 0.717) is 12.9 Å². The van der Waals surface area contributed by atoms with Crippen LogP contribution in [0.1, 0.15) is 21.6 Å².